The maximum Gasteiger partial charge on any atom is 0.293 e. The Labute approximate surface area is 128 Å². The van der Waals surface area contributed by atoms with Crippen LogP contribution in [0, 0.1) is 10.1 Å². The molecule has 2 N–H and O–H groups in total. The van der Waals surface area contributed by atoms with Crippen molar-refractivity contribution in [2.45, 2.75) is 11.4 Å². The van der Waals surface area contributed by atoms with Gasteiger partial charge in [-0.25, -0.2) is 13.1 Å². The molecule has 0 bridgehead atoms. The first-order chi connectivity index (χ1) is 10.4. The Bertz CT molecular complexity index is 776. The van der Waals surface area contributed by atoms with Gasteiger partial charge in [-0.3, -0.25) is 10.1 Å². The van der Waals surface area contributed by atoms with Crippen molar-refractivity contribution in [2.24, 2.45) is 0 Å². The van der Waals surface area contributed by atoms with Crippen LogP contribution in [0.4, 0.5) is 11.4 Å². The summed E-state index contributed by atoms with van der Waals surface area (Å²) in [5.41, 5.74) is 0.944. The highest BCUT2D eigenvalue weighted by Gasteiger charge is 2.20. The third-order valence-electron chi connectivity index (χ3n) is 3.07. The van der Waals surface area contributed by atoms with Crippen LogP contribution < -0.4 is 10.0 Å². The van der Waals surface area contributed by atoms with Crippen molar-refractivity contribution in [3.05, 3.63) is 64.2 Å². The minimum Gasteiger partial charge on any atom is -0.375 e. The van der Waals surface area contributed by atoms with Crippen LogP contribution in [-0.4, -0.2) is 20.4 Å². The van der Waals surface area contributed by atoms with Gasteiger partial charge in [-0.2, -0.15) is 0 Å². The van der Waals surface area contributed by atoms with Gasteiger partial charge >= 0.3 is 0 Å². The molecule has 0 atom stereocenters. The van der Waals surface area contributed by atoms with E-state index < -0.39 is 14.9 Å². The van der Waals surface area contributed by atoms with Crippen LogP contribution in [0.15, 0.2) is 53.4 Å². The fourth-order valence-electron chi connectivity index (χ4n) is 1.89. The Morgan fingerprint density at radius 3 is 2.41 bits per heavy atom. The van der Waals surface area contributed by atoms with Gasteiger partial charge in [0, 0.05) is 12.6 Å². The summed E-state index contributed by atoms with van der Waals surface area (Å²) in [4.78, 5) is 10.4. The molecule has 22 heavy (non-hydrogen) atoms. The van der Waals surface area contributed by atoms with E-state index in [1.807, 2.05) is 30.3 Å². The zero-order valence-electron chi connectivity index (χ0n) is 11.8. The monoisotopic (exact) mass is 321 g/mol. The Balaban J connectivity index is 2.30. The van der Waals surface area contributed by atoms with Gasteiger partial charge in [0.15, 0.2) is 0 Å². The average Bonchev–Trinajstić information content (AvgIpc) is 2.53. The average molecular weight is 321 g/mol. The minimum atomic E-state index is -3.72. The second-order valence-corrected chi connectivity index (χ2v) is 6.37. The number of sulfonamides is 1. The molecular formula is C14H15N3O4S. The van der Waals surface area contributed by atoms with Gasteiger partial charge in [0.25, 0.3) is 5.69 Å². The first kappa shape index (κ1) is 15.9. The smallest absolute Gasteiger partial charge is 0.293 e. The molecule has 0 saturated heterocycles. The van der Waals surface area contributed by atoms with Gasteiger partial charge in [0.05, 0.1) is 9.82 Å². The van der Waals surface area contributed by atoms with Gasteiger partial charge in [-0.05, 0) is 24.7 Å². The molecule has 116 valence electrons. The van der Waals surface area contributed by atoms with E-state index >= 15 is 0 Å². The molecule has 0 amide bonds. The summed E-state index contributed by atoms with van der Waals surface area (Å²) in [5, 5.41) is 14.1. The summed E-state index contributed by atoms with van der Waals surface area (Å²) >= 11 is 0. The van der Waals surface area contributed by atoms with Gasteiger partial charge in [0.1, 0.15) is 5.69 Å². The lowest BCUT2D eigenvalue weighted by Gasteiger charge is -2.09. The van der Waals surface area contributed by atoms with Crippen LogP contribution in [0.3, 0.4) is 0 Å². The second kappa shape index (κ2) is 6.54. The van der Waals surface area contributed by atoms with Crippen LogP contribution in [0.1, 0.15) is 5.56 Å². The molecule has 0 spiro atoms. The molecule has 0 aliphatic carbocycles. The van der Waals surface area contributed by atoms with Crippen molar-refractivity contribution >= 4 is 21.4 Å². The molecule has 2 aromatic carbocycles. The highest BCUT2D eigenvalue weighted by molar-refractivity contribution is 7.89. The number of nitro benzene ring substituents is 1. The molecular weight excluding hydrogens is 306 g/mol. The van der Waals surface area contributed by atoms with Crippen molar-refractivity contribution < 1.29 is 13.3 Å². The normalized spacial score (nSPS) is 11.1. The fraction of sp³-hybridized carbons (Fsp3) is 0.143. The van der Waals surface area contributed by atoms with Crippen LogP contribution >= 0.6 is 0 Å². The number of anilines is 1. The first-order valence-corrected chi connectivity index (χ1v) is 7.92. The molecule has 0 unspecified atom stereocenters. The quantitative estimate of drug-likeness (QED) is 0.627. The van der Waals surface area contributed by atoms with Crippen molar-refractivity contribution in [2.75, 3.05) is 12.4 Å². The molecule has 0 fully saturated rings. The molecule has 0 radical (unpaired) electrons. The number of nitro groups is 1. The summed E-state index contributed by atoms with van der Waals surface area (Å²) in [7, 11) is -2.47. The van der Waals surface area contributed by atoms with Gasteiger partial charge < -0.3 is 5.32 Å². The second-order valence-electron chi connectivity index (χ2n) is 4.48. The SMILES string of the molecule is CNS(=O)(=O)c1ccc(NCc2ccccc2)c([N+](=O)[O-])c1. The van der Waals surface area contributed by atoms with E-state index in [0.717, 1.165) is 11.6 Å². The van der Waals surface area contributed by atoms with Crippen LogP contribution in [-0.2, 0) is 16.6 Å². The Morgan fingerprint density at radius 1 is 1.14 bits per heavy atom. The van der Waals surface area contributed by atoms with E-state index in [1.165, 1.54) is 19.2 Å². The number of rotatable bonds is 6. The summed E-state index contributed by atoms with van der Waals surface area (Å²) in [6.45, 7) is 0.403. The molecule has 2 rings (SSSR count). The number of hydrogen-bond acceptors (Lipinski definition) is 5. The van der Waals surface area contributed by atoms with E-state index in [1.54, 1.807) is 0 Å². The Kier molecular flexibility index (Phi) is 4.74. The molecule has 8 heteroatoms. The molecule has 7 nitrogen and oxygen atoms in total. The highest BCUT2D eigenvalue weighted by atomic mass is 32.2. The maximum absolute atomic E-state index is 11.7. The number of hydrogen-bond donors (Lipinski definition) is 2. The van der Waals surface area contributed by atoms with Gasteiger partial charge in [-0.1, -0.05) is 30.3 Å². The molecule has 2 aromatic rings. The van der Waals surface area contributed by atoms with E-state index in [0.29, 0.717) is 6.54 Å². The predicted octanol–water partition coefficient (Wildman–Crippen LogP) is 2.12. The van der Waals surface area contributed by atoms with Crippen molar-refractivity contribution in [1.82, 2.24) is 4.72 Å². The zero-order chi connectivity index (χ0) is 16.2. The predicted molar refractivity (Wildman–Crippen MR) is 83.1 cm³/mol. The summed E-state index contributed by atoms with van der Waals surface area (Å²) in [6.07, 6.45) is 0. The van der Waals surface area contributed by atoms with Crippen LogP contribution in [0.5, 0.6) is 0 Å². The van der Waals surface area contributed by atoms with E-state index in [2.05, 4.69) is 10.0 Å². The van der Waals surface area contributed by atoms with Crippen molar-refractivity contribution in [1.29, 1.82) is 0 Å². The van der Waals surface area contributed by atoms with E-state index in [9.17, 15) is 18.5 Å². The summed E-state index contributed by atoms with van der Waals surface area (Å²) in [5.74, 6) is 0. The molecule has 0 heterocycles. The summed E-state index contributed by atoms with van der Waals surface area (Å²) in [6, 6.07) is 13.2. The largest absolute Gasteiger partial charge is 0.375 e. The number of nitrogens with zero attached hydrogens (tertiary/aromatic N) is 1. The fourth-order valence-corrected chi connectivity index (χ4v) is 2.64. The first-order valence-electron chi connectivity index (χ1n) is 6.44. The lowest BCUT2D eigenvalue weighted by molar-refractivity contribution is -0.384. The highest BCUT2D eigenvalue weighted by Crippen LogP contribution is 2.27. The van der Waals surface area contributed by atoms with Gasteiger partial charge in [0.2, 0.25) is 10.0 Å². The Morgan fingerprint density at radius 2 is 1.82 bits per heavy atom. The minimum absolute atomic E-state index is 0.146. The van der Waals surface area contributed by atoms with E-state index in [-0.39, 0.29) is 16.3 Å². The lowest BCUT2D eigenvalue weighted by atomic mass is 10.2. The van der Waals surface area contributed by atoms with Crippen molar-refractivity contribution in [3.63, 3.8) is 0 Å². The third kappa shape index (κ3) is 3.60. The number of nitrogens with one attached hydrogen (secondary N) is 2. The zero-order valence-corrected chi connectivity index (χ0v) is 12.6. The van der Waals surface area contributed by atoms with E-state index in [4.69, 9.17) is 0 Å². The summed E-state index contributed by atoms with van der Waals surface area (Å²) < 4.78 is 25.6. The van der Waals surface area contributed by atoms with Crippen molar-refractivity contribution in [3.8, 4) is 0 Å². The maximum atomic E-state index is 11.7. The Hall–Kier alpha value is -2.45. The molecule has 0 saturated carbocycles. The van der Waals surface area contributed by atoms with Crippen LogP contribution in [0.2, 0.25) is 0 Å². The third-order valence-corrected chi connectivity index (χ3v) is 4.48. The van der Waals surface area contributed by atoms with Crippen LogP contribution in [0.25, 0.3) is 0 Å². The standard InChI is InChI=1S/C14H15N3O4S/c1-15-22(20,21)12-7-8-13(14(9-12)17(18)19)16-10-11-5-3-2-4-6-11/h2-9,15-16H,10H2,1H3. The molecule has 0 aliphatic heterocycles. The topological polar surface area (TPSA) is 101 Å². The number of benzene rings is 2. The molecule has 0 aromatic heterocycles. The molecule has 0 aliphatic rings. The lowest BCUT2D eigenvalue weighted by Crippen LogP contribution is -2.18. The van der Waals surface area contributed by atoms with Gasteiger partial charge in [-0.15, -0.1) is 0 Å².